The van der Waals surface area contributed by atoms with E-state index in [9.17, 15) is 5.72 Å². The SMILES string of the molecule is CC1CN(C)c2cc(-c3cnn(C)c3)c(I(F)F)cc2N1. The number of halogens is 3. The van der Waals surface area contributed by atoms with Crippen LogP contribution in [-0.4, -0.2) is 29.4 Å². The van der Waals surface area contributed by atoms with Crippen LogP contribution in [0.1, 0.15) is 6.92 Å². The first-order chi connectivity index (χ1) is 9.95. The van der Waals surface area contributed by atoms with Crippen LogP contribution in [0.15, 0.2) is 24.5 Å². The molecule has 1 aliphatic heterocycles. The summed E-state index contributed by atoms with van der Waals surface area (Å²) in [5.41, 5.74) is 3.13. The molecule has 1 unspecified atom stereocenters. The summed E-state index contributed by atoms with van der Waals surface area (Å²) < 4.78 is 29.0. The molecule has 21 heavy (non-hydrogen) atoms. The molecule has 0 saturated heterocycles. The Morgan fingerprint density at radius 1 is 1.33 bits per heavy atom. The Labute approximate surface area is 131 Å². The molecule has 0 amide bonds. The maximum atomic E-state index is 13.6. The average Bonchev–Trinajstić information content (AvgIpc) is 2.83. The van der Waals surface area contributed by atoms with Gasteiger partial charge in [0, 0.05) is 0 Å². The number of anilines is 2. The van der Waals surface area contributed by atoms with Crippen LogP contribution in [0.3, 0.4) is 0 Å². The molecule has 1 N–H and O–H groups in total. The van der Waals surface area contributed by atoms with E-state index in [-0.39, 0.29) is 9.61 Å². The van der Waals surface area contributed by atoms with Gasteiger partial charge < -0.3 is 0 Å². The number of fused-ring (bicyclic) bond motifs is 1. The second-order valence-corrected chi connectivity index (χ2v) is 7.66. The van der Waals surface area contributed by atoms with Gasteiger partial charge in [-0.25, -0.2) is 0 Å². The molecule has 7 heteroatoms. The molecule has 1 aromatic heterocycles. The number of rotatable bonds is 2. The number of nitrogens with zero attached hydrogens (tertiary/aromatic N) is 3. The Bertz CT molecular complexity index is 671. The van der Waals surface area contributed by atoms with Gasteiger partial charge in [0.05, 0.1) is 0 Å². The molecule has 1 atom stereocenters. The summed E-state index contributed by atoms with van der Waals surface area (Å²) in [6.07, 6.45) is 3.42. The molecule has 2 heterocycles. The molecule has 0 bridgehead atoms. The Hall–Kier alpha value is -1.38. The number of hydrogen-bond acceptors (Lipinski definition) is 3. The van der Waals surface area contributed by atoms with Crippen LogP contribution in [0.5, 0.6) is 0 Å². The monoisotopic (exact) mass is 406 g/mol. The first kappa shape index (κ1) is 14.6. The van der Waals surface area contributed by atoms with Crippen molar-refractivity contribution < 1.29 is 5.72 Å². The van der Waals surface area contributed by atoms with E-state index in [1.54, 1.807) is 30.2 Å². The van der Waals surface area contributed by atoms with Gasteiger partial charge in [0.25, 0.3) is 0 Å². The van der Waals surface area contributed by atoms with Crippen molar-refractivity contribution in [2.45, 2.75) is 13.0 Å². The van der Waals surface area contributed by atoms with Crippen molar-refractivity contribution >= 4 is 32.3 Å². The molecule has 0 aliphatic carbocycles. The third kappa shape index (κ3) is 2.70. The second kappa shape index (κ2) is 5.43. The topological polar surface area (TPSA) is 33.1 Å². The molecule has 0 spiro atoms. The fourth-order valence-electron chi connectivity index (χ4n) is 2.71. The first-order valence-electron chi connectivity index (χ1n) is 6.63. The summed E-state index contributed by atoms with van der Waals surface area (Å²) in [7, 11) is 3.78. The van der Waals surface area contributed by atoms with Crippen molar-refractivity contribution in [3.63, 3.8) is 0 Å². The van der Waals surface area contributed by atoms with Crippen molar-refractivity contribution in [2.75, 3.05) is 23.8 Å². The molecular formula is C14H17F2IN4. The van der Waals surface area contributed by atoms with E-state index in [2.05, 4.69) is 22.2 Å². The predicted molar refractivity (Wildman–Crippen MR) is 89.9 cm³/mol. The van der Waals surface area contributed by atoms with Crippen LogP contribution in [0, 0.1) is 3.57 Å². The zero-order valence-corrected chi connectivity index (χ0v) is 14.2. The summed E-state index contributed by atoms with van der Waals surface area (Å²) in [6.45, 7) is 2.90. The third-order valence-electron chi connectivity index (χ3n) is 3.62. The van der Waals surface area contributed by atoms with E-state index in [1.165, 1.54) is 0 Å². The molecule has 1 aliphatic rings. The number of benzene rings is 1. The van der Waals surface area contributed by atoms with Crippen molar-refractivity contribution in [3.05, 3.63) is 28.1 Å². The Balaban J connectivity index is 2.17. The minimum absolute atomic E-state index is 0.195. The minimum atomic E-state index is -4.09. The van der Waals surface area contributed by atoms with Crippen molar-refractivity contribution in [3.8, 4) is 11.1 Å². The van der Waals surface area contributed by atoms with Crippen LogP contribution in [0.25, 0.3) is 11.1 Å². The Morgan fingerprint density at radius 3 is 2.71 bits per heavy atom. The molecule has 114 valence electrons. The summed E-state index contributed by atoms with van der Waals surface area (Å²) >= 11 is -4.09. The number of hydrogen-bond donors (Lipinski definition) is 1. The van der Waals surface area contributed by atoms with Crippen LogP contribution in [0.2, 0.25) is 0 Å². The van der Waals surface area contributed by atoms with Gasteiger partial charge in [-0.1, -0.05) is 0 Å². The van der Waals surface area contributed by atoms with Gasteiger partial charge in [-0.2, -0.15) is 0 Å². The zero-order chi connectivity index (χ0) is 15.1. The van der Waals surface area contributed by atoms with Crippen LogP contribution >= 0.6 is 21.0 Å². The number of likely N-dealkylation sites (N-methyl/N-ethyl adjacent to an activating group) is 1. The van der Waals surface area contributed by atoms with E-state index >= 15 is 0 Å². The van der Waals surface area contributed by atoms with Crippen LogP contribution < -0.4 is 10.2 Å². The molecule has 0 saturated carbocycles. The molecule has 0 radical (unpaired) electrons. The van der Waals surface area contributed by atoms with Crippen LogP contribution in [0.4, 0.5) is 17.1 Å². The third-order valence-corrected chi connectivity index (χ3v) is 5.39. The Kier molecular flexibility index (Phi) is 3.76. The standard InChI is InChI=1S/C14H17F2IN4/c1-9-7-20(2)14-4-11(10-6-18-21(3)8-10)12(17(15)16)5-13(14)19-9/h4-6,8-9,19H,7H2,1-3H3. The molecule has 4 nitrogen and oxygen atoms in total. The molecule has 3 rings (SSSR count). The normalized spacial score (nSPS) is 18.2. The summed E-state index contributed by atoms with van der Waals surface area (Å²) in [6, 6.07) is 3.75. The fourth-order valence-corrected chi connectivity index (χ4v) is 4.17. The van der Waals surface area contributed by atoms with E-state index in [4.69, 9.17) is 0 Å². The predicted octanol–water partition coefficient (Wildman–Crippen LogP) is 3.78. The summed E-state index contributed by atoms with van der Waals surface area (Å²) in [4.78, 5) is 2.11. The van der Waals surface area contributed by atoms with Gasteiger partial charge in [0.2, 0.25) is 0 Å². The number of nitrogens with one attached hydrogen (secondary N) is 1. The quantitative estimate of drug-likeness (QED) is 0.771. The van der Waals surface area contributed by atoms with E-state index in [0.29, 0.717) is 5.56 Å². The summed E-state index contributed by atoms with van der Waals surface area (Å²) in [5.74, 6) is 0. The molecule has 1 aromatic carbocycles. The second-order valence-electron chi connectivity index (χ2n) is 5.37. The zero-order valence-electron chi connectivity index (χ0n) is 12.1. The molecular weight excluding hydrogens is 389 g/mol. The van der Waals surface area contributed by atoms with E-state index in [1.807, 2.05) is 13.1 Å². The maximum absolute atomic E-state index is 13.6. The van der Waals surface area contributed by atoms with Gasteiger partial charge in [0.1, 0.15) is 0 Å². The fraction of sp³-hybridized carbons (Fsp3) is 0.357. The van der Waals surface area contributed by atoms with Crippen molar-refractivity contribution in [1.29, 1.82) is 0 Å². The number of aryl methyl sites for hydroxylation is 1. The van der Waals surface area contributed by atoms with Crippen LogP contribution in [-0.2, 0) is 7.05 Å². The van der Waals surface area contributed by atoms with E-state index < -0.39 is 21.0 Å². The molecule has 0 fully saturated rings. The van der Waals surface area contributed by atoms with Gasteiger partial charge in [-0.05, 0) is 0 Å². The van der Waals surface area contributed by atoms with Gasteiger partial charge >= 0.3 is 131 Å². The molecule has 2 aromatic rings. The van der Waals surface area contributed by atoms with Gasteiger partial charge in [0.15, 0.2) is 0 Å². The van der Waals surface area contributed by atoms with Gasteiger partial charge in [-0.3, -0.25) is 0 Å². The van der Waals surface area contributed by atoms with Crippen molar-refractivity contribution in [1.82, 2.24) is 9.78 Å². The average molecular weight is 406 g/mol. The van der Waals surface area contributed by atoms with Gasteiger partial charge in [-0.15, -0.1) is 0 Å². The first-order valence-corrected chi connectivity index (χ1v) is 9.34. The number of aromatic nitrogens is 2. The van der Waals surface area contributed by atoms with E-state index in [0.717, 1.165) is 23.5 Å². The summed E-state index contributed by atoms with van der Waals surface area (Å²) in [5, 5.41) is 7.40. The van der Waals surface area contributed by atoms with Crippen molar-refractivity contribution in [2.24, 2.45) is 7.05 Å². The Morgan fingerprint density at radius 2 is 2.10 bits per heavy atom.